The Kier molecular flexibility index (Phi) is 6.33. The number of allylic oxidation sites excluding steroid dienone is 1. The molecule has 6 heteroatoms. The number of nitrogens with zero attached hydrogens (tertiary/aromatic N) is 1. The Morgan fingerprint density at radius 1 is 1.23 bits per heavy atom. The summed E-state index contributed by atoms with van der Waals surface area (Å²) >= 11 is 6.21. The summed E-state index contributed by atoms with van der Waals surface area (Å²) in [6, 6.07) is 11.6. The topological polar surface area (TPSA) is 33.0 Å². The third-order valence-electron chi connectivity index (χ3n) is 3.81. The van der Waals surface area contributed by atoms with Gasteiger partial charge in [0.2, 0.25) is 0 Å². The van der Waals surface area contributed by atoms with Crippen molar-refractivity contribution < 1.29 is 17.9 Å². The van der Waals surface area contributed by atoms with Gasteiger partial charge in [-0.1, -0.05) is 36.7 Å². The van der Waals surface area contributed by atoms with Crippen molar-refractivity contribution in [3.63, 3.8) is 0 Å². The van der Waals surface area contributed by atoms with Gasteiger partial charge in [0.15, 0.2) is 0 Å². The predicted molar refractivity (Wildman–Crippen MR) is 96.8 cm³/mol. The van der Waals surface area contributed by atoms with Gasteiger partial charge in [-0.2, -0.15) is 18.4 Å². The zero-order chi connectivity index (χ0) is 19.3. The fourth-order valence-electron chi connectivity index (χ4n) is 2.19. The monoisotopic (exact) mass is 379 g/mol. The quantitative estimate of drug-likeness (QED) is 0.433. The summed E-state index contributed by atoms with van der Waals surface area (Å²) < 4.78 is 43.6. The Morgan fingerprint density at radius 3 is 2.38 bits per heavy atom. The molecule has 0 unspecified atom stereocenters. The summed E-state index contributed by atoms with van der Waals surface area (Å²) in [5.74, 6) is 0.547. The van der Waals surface area contributed by atoms with E-state index in [-0.39, 0.29) is 11.7 Å². The molecule has 0 saturated heterocycles. The highest BCUT2D eigenvalue weighted by Gasteiger charge is 2.30. The molecule has 2 aromatic carbocycles. The van der Waals surface area contributed by atoms with E-state index in [2.05, 4.69) is 0 Å². The molecule has 0 aliphatic carbocycles. The zero-order valence-corrected chi connectivity index (χ0v) is 15.0. The van der Waals surface area contributed by atoms with E-state index in [1.54, 1.807) is 24.3 Å². The van der Waals surface area contributed by atoms with Gasteiger partial charge < -0.3 is 4.74 Å². The molecule has 0 fully saturated rings. The fourth-order valence-corrected chi connectivity index (χ4v) is 2.42. The van der Waals surface area contributed by atoms with E-state index >= 15 is 0 Å². The Balaban J connectivity index is 2.29. The van der Waals surface area contributed by atoms with Crippen molar-refractivity contribution in [2.24, 2.45) is 0 Å². The normalized spacial score (nSPS) is 13.2. The van der Waals surface area contributed by atoms with E-state index in [0.29, 0.717) is 21.9 Å². The highest BCUT2D eigenvalue weighted by molar-refractivity contribution is 6.32. The molecule has 2 nitrogen and oxygen atoms in total. The Labute approximate surface area is 155 Å². The molecule has 0 spiro atoms. The maximum Gasteiger partial charge on any atom is 0.416 e. The maximum atomic E-state index is 12.6. The van der Waals surface area contributed by atoms with E-state index in [9.17, 15) is 18.4 Å². The molecule has 2 rings (SSSR count). The van der Waals surface area contributed by atoms with Crippen molar-refractivity contribution in [2.45, 2.75) is 32.5 Å². The second-order valence-corrected chi connectivity index (χ2v) is 6.18. The standard InChI is InChI=1S/C20H17ClF3NO/c1-3-13(2)26-19-9-4-14(11-18(19)21)10-16(12-25)15-5-7-17(8-6-15)20(22,23)24/h4-11,13H,3H2,1-2H3/b16-10-/t13-/m1/s1. The molecule has 0 N–H and O–H groups in total. The van der Waals surface area contributed by atoms with Crippen LogP contribution in [0.25, 0.3) is 11.6 Å². The third kappa shape index (κ3) is 5.03. The number of rotatable bonds is 5. The molecule has 0 radical (unpaired) electrons. The van der Waals surface area contributed by atoms with Crippen molar-refractivity contribution in [1.29, 1.82) is 5.26 Å². The minimum atomic E-state index is -4.41. The van der Waals surface area contributed by atoms with Crippen LogP contribution in [0.2, 0.25) is 5.02 Å². The molecule has 0 bridgehead atoms. The summed E-state index contributed by atoms with van der Waals surface area (Å²) in [4.78, 5) is 0. The molecule has 0 aromatic heterocycles. The van der Waals surface area contributed by atoms with E-state index in [1.807, 2.05) is 19.9 Å². The van der Waals surface area contributed by atoms with Crippen LogP contribution in [-0.4, -0.2) is 6.10 Å². The van der Waals surface area contributed by atoms with Crippen LogP contribution in [0, 0.1) is 11.3 Å². The molecule has 0 heterocycles. The third-order valence-corrected chi connectivity index (χ3v) is 4.11. The average Bonchev–Trinajstić information content (AvgIpc) is 2.61. The van der Waals surface area contributed by atoms with Gasteiger partial charge in [0, 0.05) is 0 Å². The van der Waals surface area contributed by atoms with Gasteiger partial charge in [0.1, 0.15) is 5.75 Å². The van der Waals surface area contributed by atoms with Gasteiger partial charge >= 0.3 is 6.18 Å². The highest BCUT2D eigenvalue weighted by atomic mass is 35.5. The summed E-state index contributed by atoms with van der Waals surface area (Å²) in [6.45, 7) is 3.93. The van der Waals surface area contributed by atoms with E-state index in [0.717, 1.165) is 18.6 Å². The van der Waals surface area contributed by atoms with Gasteiger partial charge in [-0.25, -0.2) is 0 Å². The molecule has 2 aromatic rings. The minimum Gasteiger partial charge on any atom is -0.489 e. The van der Waals surface area contributed by atoms with Crippen LogP contribution in [-0.2, 0) is 6.18 Å². The SMILES string of the molecule is CC[C@@H](C)Oc1ccc(/C=C(/C#N)c2ccc(C(F)(F)F)cc2)cc1Cl. The largest absolute Gasteiger partial charge is 0.489 e. The second-order valence-electron chi connectivity index (χ2n) is 5.77. The van der Waals surface area contributed by atoms with Crippen LogP contribution in [0.5, 0.6) is 5.75 Å². The van der Waals surface area contributed by atoms with Gasteiger partial charge in [0.25, 0.3) is 0 Å². The number of benzene rings is 2. The molecular formula is C20H17ClF3NO. The van der Waals surface area contributed by atoms with E-state index < -0.39 is 11.7 Å². The van der Waals surface area contributed by atoms with Crippen LogP contribution in [0.1, 0.15) is 37.0 Å². The molecule has 0 amide bonds. The summed E-state index contributed by atoms with van der Waals surface area (Å²) in [5, 5.41) is 9.75. The summed E-state index contributed by atoms with van der Waals surface area (Å²) in [7, 11) is 0. The van der Waals surface area contributed by atoms with Crippen LogP contribution >= 0.6 is 11.6 Å². The van der Waals surface area contributed by atoms with Gasteiger partial charge in [-0.05, 0) is 54.8 Å². The first kappa shape index (κ1) is 19.9. The zero-order valence-electron chi connectivity index (χ0n) is 14.3. The van der Waals surface area contributed by atoms with Crippen molar-refractivity contribution in [3.05, 3.63) is 64.2 Å². The van der Waals surface area contributed by atoms with Gasteiger partial charge in [0.05, 0.1) is 28.3 Å². The second kappa shape index (κ2) is 8.29. The van der Waals surface area contributed by atoms with Crippen LogP contribution in [0.4, 0.5) is 13.2 Å². The van der Waals surface area contributed by atoms with Gasteiger partial charge in [-0.15, -0.1) is 0 Å². The fraction of sp³-hybridized carbons (Fsp3) is 0.250. The van der Waals surface area contributed by atoms with E-state index in [4.69, 9.17) is 16.3 Å². The maximum absolute atomic E-state index is 12.6. The number of ether oxygens (including phenoxy) is 1. The highest BCUT2D eigenvalue weighted by Crippen LogP contribution is 2.31. The van der Waals surface area contributed by atoms with Crippen LogP contribution in [0.15, 0.2) is 42.5 Å². The Hall–Kier alpha value is -2.45. The molecule has 0 saturated carbocycles. The molecule has 0 aliphatic heterocycles. The summed E-state index contributed by atoms with van der Waals surface area (Å²) in [5.41, 5.74) is 0.540. The van der Waals surface area contributed by atoms with Crippen molar-refractivity contribution in [3.8, 4) is 11.8 Å². The number of hydrogen-bond donors (Lipinski definition) is 0. The predicted octanol–water partition coefficient (Wildman–Crippen LogP) is 6.60. The molecule has 136 valence electrons. The summed E-state index contributed by atoms with van der Waals surface area (Å²) in [6.07, 6.45) is -1.98. The smallest absolute Gasteiger partial charge is 0.416 e. The lowest BCUT2D eigenvalue weighted by Gasteiger charge is -2.14. The minimum absolute atomic E-state index is 0.0238. The average molecular weight is 380 g/mol. The first-order valence-corrected chi connectivity index (χ1v) is 8.38. The molecular weight excluding hydrogens is 363 g/mol. The molecule has 1 atom stereocenters. The number of alkyl halides is 3. The number of hydrogen-bond acceptors (Lipinski definition) is 2. The first-order valence-electron chi connectivity index (χ1n) is 8.00. The van der Waals surface area contributed by atoms with Crippen molar-refractivity contribution >= 4 is 23.3 Å². The van der Waals surface area contributed by atoms with Crippen LogP contribution < -0.4 is 4.74 Å². The molecule has 0 aliphatic rings. The Bertz CT molecular complexity index is 836. The molecule has 26 heavy (non-hydrogen) atoms. The van der Waals surface area contributed by atoms with E-state index in [1.165, 1.54) is 12.1 Å². The number of nitriles is 1. The first-order chi connectivity index (χ1) is 12.2. The number of halogens is 4. The van der Waals surface area contributed by atoms with Gasteiger partial charge in [-0.3, -0.25) is 0 Å². The van der Waals surface area contributed by atoms with Crippen molar-refractivity contribution in [1.82, 2.24) is 0 Å². The lowest BCUT2D eigenvalue weighted by atomic mass is 10.0. The Morgan fingerprint density at radius 2 is 1.88 bits per heavy atom. The lowest BCUT2D eigenvalue weighted by Crippen LogP contribution is -2.09. The lowest BCUT2D eigenvalue weighted by molar-refractivity contribution is -0.137. The van der Waals surface area contributed by atoms with Crippen LogP contribution in [0.3, 0.4) is 0 Å². The van der Waals surface area contributed by atoms with Crippen molar-refractivity contribution in [2.75, 3.05) is 0 Å².